The molecule has 1 aromatic carbocycles. The summed E-state index contributed by atoms with van der Waals surface area (Å²) < 4.78 is 13.6. The number of halogens is 4. The van der Waals surface area contributed by atoms with Gasteiger partial charge in [-0.1, -0.05) is 5.16 Å². The third-order valence-corrected chi connectivity index (χ3v) is 9.35. The molecular formula is C27H31Br4N7O6. The van der Waals surface area contributed by atoms with Crippen LogP contribution in [0.3, 0.4) is 0 Å². The van der Waals surface area contributed by atoms with E-state index in [-0.39, 0.29) is 18.0 Å². The molecule has 8 N–H and O–H groups in total. The molecule has 2 heterocycles. The second-order valence-corrected chi connectivity index (χ2v) is 13.4. The highest BCUT2D eigenvalue weighted by molar-refractivity contribution is 9.12. The molecule has 0 fully saturated rings. The minimum Gasteiger partial charge on any atom is -0.495 e. The number of hydrogen-bond donors (Lipinski definition) is 6. The molecule has 2 aliphatic rings. The van der Waals surface area contributed by atoms with Crippen molar-refractivity contribution in [3.8, 4) is 5.75 Å². The van der Waals surface area contributed by atoms with Crippen LogP contribution in [-0.2, 0) is 32.0 Å². The molecule has 3 atom stereocenters. The number of nitrogens with zero attached hydrogens (tertiary/aromatic N) is 2. The van der Waals surface area contributed by atoms with Crippen molar-refractivity contribution in [2.45, 2.75) is 43.4 Å². The monoisotopic (exact) mass is 865 g/mol. The summed E-state index contributed by atoms with van der Waals surface area (Å²) in [6.07, 6.45) is 3.65. The van der Waals surface area contributed by atoms with Gasteiger partial charge in [0.05, 0.1) is 43.9 Å². The summed E-state index contributed by atoms with van der Waals surface area (Å²) in [6, 6.07) is 2.97. The molecule has 2 aromatic rings. The summed E-state index contributed by atoms with van der Waals surface area (Å²) in [5.41, 5.74) is 12.3. The molecule has 4 rings (SSSR count). The van der Waals surface area contributed by atoms with Crippen LogP contribution in [0, 0.1) is 0 Å². The molecule has 13 nitrogen and oxygen atoms in total. The normalized spacial score (nSPS) is 20.1. The van der Waals surface area contributed by atoms with E-state index in [4.69, 9.17) is 25.8 Å². The van der Waals surface area contributed by atoms with Gasteiger partial charge in [-0.2, -0.15) is 0 Å². The van der Waals surface area contributed by atoms with Gasteiger partial charge in [0.25, 0.3) is 5.91 Å². The van der Waals surface area contributed by atoms with E-state index in [1.54, 1.807) is 12.3 Å². The first-order chi connectivity index (χ1) is 20.9. The number of nitrogen functional groups attached to an aromatic ring is 1. The first kappa shape index (κ1) is 34.4. The van der Waals surface area contributed by atoms with Crippen molar-refractivity contribution in [3.05, 3.63) is 59.3 Å². The quantitative estimate of drug-likeness (QED) is 0.164. The molecule has 1 aliphatic heterocycles. The number of nitrogens with two attached hydrogens (primary N) is 2. The number of imidazole rings is 1. The summed E-state index contributed by atoms with van der Waals surface area (Å²) in [6.45, 7) is 1.05. The number of aliphatic hydroxyl groups is 1. The molecule has 44 heavy (non-hydrogen) atoms. The predicted molar refractivity (Wildman–Crippen MR) is 178 cm³/mol. The maximum atomic E-state index is 12.7. The standard InChI is InChI=1S/C27H31Br4N7O6/c1-42-22-17(30)10-27(23(39)20(22)31)11-19(38-44-27)25(41)34-4-2-6-43-21-15(28)7-13(8-16(21)29)9-18(32)24(40)35-5-3-14-12-36-26(33)37-14/h7-8,10,12,18,23,39H,2-6,9,11,32H2,1H3,(H,34,41)(H,35,40)(H3,33,36,37)/t18?,23?,27-/m0/s1. The number of hydrogen-bond acceptors (Lipinski definition) is 10. The van der Waals surface area contributed by atoms with Crippen LogP contribution < -0.4 is 26.8 Å². The van der Waals surface area contributed by atoms with Gasteiger partial charge in [-0.05, 0) is 100 Å². The first-order valence-electron chi connectivity index (χ1n) is 13.4. The third-order valence-electron chi connectivity index (χ3n) is 6.79. The Kier molecular flexibility index (Phi) is 11.9. The molecule has 17 heteroatoms. The zero-order valence-electron chi connectivity index (χ0n) is 23.5. The summed E-state index contributed by atoms with van der Waals surface area (Å²) in [5.74, 6) is 0.702. The highest BCUT2D eigenvalue weighted by atomic mass is 79.9. The fourth-order valence-electron chi connectivity index (χ4n) is 4.54. The third kappa shape index (κ3) is 8.23. The van der Waals surface area contributed by atoms with Crippen molar-refractivity contribution < 1.29 is 29.0 Å². The number of aliphatic hydroxyl groups excluding tert-OH is 1. The van der Waals surface area contributed by atoms with Crippen LogP contribution in [0.15, 0.2) is 53.2 Å². The van der Waals surface area contributed by atoms with Crippen LogP contribution in [0.2, 0.25) is 0 Å². The molecule has 0 saturated heterocycles. The van der Waals surface area contributed by atoms with E-state index in [0.29, 0.717) is 74.3 Å². The van der Waals surface area contributed by atoms with Crippen LogP contribution in [0.4, 0.5) is 5.95 Å². The Morgan fingerprint density at radius 3 is 2.61 bits per heavy atom. The number of anilines is 1. The topological polar surface area (TPSA) is 199 Å². The van der Waals surface area contributed by atoms with E-state index in [0.717, 1.165) is 11.3 Å². The lowest BCUT2D eigenvalue weighted by Crippen LogP contribution is -2.45. The average molecular weight is 869 g/mol. The number of amides is 2. The van der Waals surface area contributed by atoms with E-state index >= 15 is 0 Å². The maximum Gasteiger partial charge on any atom is 0.269 e. The van der Waals surface area contributed by atoms with E-state index < -0.39 is 23.7 Å². The number of carbonyl (C=O) groups excluding carboxylic acids is 2. The largest absolute Gasteiger partial charge is 0.495 e. The van der Waals surface area contributed by atoms with Gasteiger partial charge < -0.3 is 46.5 Å². The van der Waals surface area contributed by atoms with Crippen LogP contribution in [0.5, 0.6) is 5.75 Å². The SMILES string of the molecule is COC1=C(Br)C(O)[C@]2(C=C1Br)CC(C(=O)NCCCOc1c(Br)cc(CC(N)C(=O)NCCc3cnc(N)[nH]3)cc1Br)=NO2. The van der Waals surface area contributed by atoms with Gasteiger partial charge in [-0.3, -0.25) is 9.59 Å². The number of ether oxygens (including phenoxy) is 2. The molecule has 238 valence electrons. The Bertz CT molecular complexity index is 1470. The van der Waals surface area contributed by atoms with Crippen molar-refractivity contribution in [1.82, 2.24) is 20.6 Å². The summed E-state index contributed by atoms with van der Waals surface area (Å²) in [5, 5.41) is 20.3. The lowest BCUT2D eigenvalue weighted by molar-refractivity contribution is -0.122. The number of rotatable bonds is 13. The minimum atomic E-state index is -1.22. The fourth-order valence-corrected chi connectivity index (χ4v) is 7.84. The Labute approximate surface area is 287 Å². The molecule has 1 spiro atoms. The Morgan fingerprint density at radius 1 is 1.23 bits per heavy atom. The Morgan fingerprint density at radius 2 is 1.95 bits per heavy atom. The second-order valence-electron chi connectivity index (χ2n) is 10.0. The highest BCUT2D eigenvalue weighted by Gasteiger charge is 2.50. The molecule has 2 unspecified atom stereocenters. The minimum absolute atomic E-state index is 0.0794. The van der Waals surface area contributed by atoms with Crippen LogP contribution in [0.1, 0.15) is 24.1 Å². The molecule has 0 bridgehead atoms. The number of benzene rings is 1. The van der Waals surface area contributed by atoms with Crippen molar-refractivity contribution >= 4 is 87.2 Å². The van der Waals surface area contributed by atoms with Crippen LogP contribution >= 0.6 is 63.7 Å². The van der Waals surface area contributed by atoms with Crippen molar-refractivity contribution in [1.29, 1.82) is 0 Å². The number of allylic oxidation sites excluding steroid dienone is 1. The van der Waals surface area contributed by atoms with Crippen molar-refractivity contribution in [3.63, 3.8) is 0 Å². The molecule has 2 amide bonds. The number of aromatic amines is 1. The van der Waals surface area contributed by atoms with Crippen LogP contribution in [-0.4, -0.2) is 77.2 Å². The number of carbonyl (C=O) groups is 2. The van der Waals surface area contributed by atoms with Gasteiger partial charge in [-0.25, -0.2) is 4.98 Å². The average Bonchev–Trinajstić information content (AvgIpc) is 3.59. The van der Waals surface area contributed by atoms with Crippen molar-refractivity contribution in [2.75, 3.05) is 32.5 Å². The predicted octanol–water partition coefficient (Wildman–Crippen LogP) is 3.05. The lowest BCUT2D eigenvalue weighted by atomic mass is 9.87. The number of methoxy groups -OCH3 is 1. The first-order valence-corrected chi connectivity index (χ1v) is 16.6. The molecule has 1 aliphatic carbocycles. The molecule has 0 saturated carbocycles. The van der Waals surface area contributed by atoms with Gasteiger partial charge in [0.15, 0.2) is 11.5 Å². The van der Waals surface area contributed by atoms with Crippen LogP contribution in [0.25, 0.3) is 0 Å². The fraction of sp³-hybridized carbons (Fsp3) is 0.407. The Balaban J connectivity index is 1.19. The van der Waals surface area contributed by atoms with E-state index in [1.165, 1.54) is 7.11 Å². The molecule has 1 aromatic heterocycles. The summed E-state index contributed by atoms with van der Waals surface area (Å²) in [4.78, 5) is 37.5. The second kappa shape index (κ2) is 15.2. The number of nitrogens with one attached hydrogen (secondary N) is 3. The van der Waals surface area contributed by atoms with Gasteiger partial charge >= 0.3 is 0 Å². The van der Waals surface area contributed by atoms with Gasteiger partial charge in [0.1, 0.15) is 23.3 Å². The number of H-pyrrole nitrogens is 1. The Hall–Kier alpha value is -2.44. The zero-order chi connectivity index (χ0) is 32.0. The lowest BCUT2D eigenvalue weighted by Gasteiger charge is -2.33. The van der Waals surface area contributed by atoms with E-state index in [9.17, 15) is 14.7 Å². The smallest absolute Gasteiger partial charge is 0.269 e. The molecule has 0 radical (unpaired) electrons. The number of oxime groups is 1. The van der Waals surface area contributed by atoms with E-state index in [1.807, 2.05) is 12.1 Å². The number of aromatic nitrogens is 2. The highest BCUT2D eigenvalue weighted by Crippen LogP contribution is 2.44. The van der Waals surface area contributed by atoms with Crippen molar-refractivity contribution in [2.24, 2.45) is 10.9 Å². The summed E-state index contributed by atoms with van der Waals surface area (Å²) in [7, 11) is 1.49. The molecular weight excluding hydrogens is 838 g/mol. The van der Waals surface area contributed by atoms with Gasteiger partial charge in [0.2, 0.25) is 5.91 Å². The summed E-state index contributed by atoms with van der Waals surface area (Å²) >= 11 is 13.8. The maximum absolute atomic E-state index is 12.7. The van der Waals surface area contributed by atoms with Gasteiger partial charge in [0, 0.05) is 31.6 Å². The van der Waals surface area contributed by atoms with E-state index in [2.05, 4.69) is 89.5 Å². The zero-order valence-corrected chi connectivity index (χ0v) is 29.8. The van der Waals surface area contributed by atoms with Gasteiger partial charge in [-0.15, -0.1) is 0 Å².